The SMILES string of the molecule is CC[N+]1(OC(=O)CCCCCCCCCCC(=O)[O-])CCCCC1. The van der Waals surface area contributed by atoms with E-state index in [4.69, 9.17) is 4.84 Å². The second kappa shape index (κ2) is 12.3. The van der Waals surface area contributed by atoms with Crippen LogP contribution in [0.25, 0.3) is 0 Å². The van der Waals surface area contributed by atoms with Crippen LogP contribution in [0.5, 0.6) is 0 Å². The highest BCUT2D eigenvalue weighted by Crippen LogP contribution is 2.20. The van der Waals surface area contributed by atoms with Crippen molar-refractivity contribution in [3.05, 3.63) is 0 Å². The van der Waals surface area contributed by atoms with E-state index < -0.39 is 5.97 Å². The summed E-state index contributed by atoms with van der Waals surface area (Å²) in [6.45, 7) is 4.93. The third-order valence-electron chi connectivity index (χ3n) is 5.01. The number of nitrogens with zero attached hydrogens (tertiary/aromatic N) is 1. The Morgan fingerprint density at radius 3 is 1.83 bits per heavy atom. The van der Waals surface area contributed by atoms with Crippen molar-refractivity contribution in [3.8, 4) is 0 Å². The maximum Gasteiger partial charge on any atom is 0.366 e. The smallest absolute Gasteiger partial charge is 0.366 e. The zero-order valence-electron chi connectivity index (χ0n) is 15.4. The zero-order valence-corrected chi connectivity index (χ0v) is 15.4. The van der Waals surface area contributed by atoms with Gasteiger partial charge in [0.1, 0.15) is 19.6 Å². The standard InChI is InChI=1S/C19H35NO4/c1-2-20(16-12-9-13-17-20)24-19(23)15-11-8-6-4-3-5-7-10-14-18(21)22/h2-17H2,1H3. The molecule has 1 saturated heterocycles. The maximum absolute atomic E-state index is 12.0. The largest absolute Gasteiger partial charge is 0.550 e. The molecule has 5 nitrogen and oxygen atoms in total. The third kappa shape index (κ3) is 9.26. The fourth-order valence-corrected chi connectivity index (χ4v) is 3.42. The number of carboxylic acids is 1. The summed E-state index contributed by atoms with van der Waals surface area (Å²) in [5.41, 5.74) is 0. The molecule has 140 valence electrons. The van der Waals surface area contributed by atoms with Crippen LogP contribution in [0.4, 0.5) is 0 Å². The van der Waals surface area contributed by atoms with Crippen molar-refractivity contribution in [1.29, 1.82) is 0 Å². The summed E-state index contributed by atoms with van der Waals surface area (Å²) >= 11 is 0. The van der Waals surface area contributed by atoms with Gasteiger partial charge in [-0.3, -0.25) is 4.84 Å². The van der Waals surface area contributed by atoms with E-state index >= 15 is 0 Å². The number of hydrogen-bond donors (Lipinski definition) is 0. The van der Waals surface area contributed by atoms with E-state index in [1.54, 1.807) is 0 Å². The number of quaternary nitrogens is 1. The molecule has 0 N–H and O–H groups in total. The first-order valence-corrected chi connectivity index (χ1v) is 9.86. The van der Waals surface area contributed by atoms with E-state index in [0.29, 0.717) is 11.1 Å². The van der Waals surface area contributed by atoms with E-state index in [1.807, 2.05) is 0 Å². The quantitative estimate of drug-likeness (QED) is 0.381. The summed E-state index contributed by atoms with van der Waals surface area (Å²) in [5.74, 6) is -0.986. The molecule has 0 bridgehead atoms. The highest BCUT2D eigenvalue weighted by molar-refractivity contribution is 5.68. The van der Waals surface area contributed by atoms with Gasteiger partial charge in [0.2, 0.25) is 0 Å². The lowest BCUT2D eigenvalue weighted by atomic mass is 10.1. The monoisotopic (exact) mass is 341 g/mol. The first-order chi connectivity index (χ1) is 11.6. The minimum Gasteiger partial charge on any atom is -0.550 e. The average molecular weight is 341 g/mol. The summed E-state index contributed by atoms with van der Waals surface area (Å²) < 4.78 is 0.532. The average Bonchev–Trinajstić information content (AvgIpc) is 2.57. The lowest BCUT2D eigenvalue weighted by Gasteiger charge is -2.36. The Labute approximate surface area is 146 Å². The van der Waals surface area contributed by atoms with Crippen molar-refractivity contribution in [2.75, 3.05) is 19.6 Å². The van der Waals surface area contributed by atoms with Gasteiger partial charge in [0.15, 0.2) is 0 Å². The molecule has 1 heterocycles. The van der Waals surface area contributed by atoms with E-state index in [9.17, 15) is 14.7 Å². The van der Waals surface area contributed by atoms with Crippen LogP contribution >= 0.6 is 0 Å². The van der Waals surface area contributed by atoms with E-state index in [-0.39, 0.29) is 12.4 Å². The molecule has 1 rings (SSSR count). The molecule has 0 unspecified atom stereocenters. The Morgan fingerprint density at radius 1 is 0.833 bits per heavy atom. The Bertz CT molecular complexity index is 364. The molecule has 5 heteroatoms. The van der Waals surface area contributed by atoms with Crippen LogP contribution in [0.15, 0.2) is 0 Å². The van der Waals surface area contributed by atoms with Crippen LogP contribution in [0.3, 0.4) is 0 Å². The molecule has 0 aromatic heterocycles. The summed E-state index contributed by atoms with van der Waals surface area (Å²) in [5, 5.41) is 10.3. The fraction of sp³-hybridized carbons (Fsp3) is 0.895. The minimum atomic E-state index is -0.946. The number of aliphatic carboxylic acids is 1. The van der Waals surface area contributed by atoms with Crippen molar-refractivity contribution in [2.45, 2.75) is 90.4 Å². The number of rotatable bonds is 13. The highest BCUT2D eigenvalue weighted by atomic mass is 16.7. The van der Waals surface area contributed by atoms with Crippen molar-refractivity contribution in [3.63, 3.8) is 0 Å². The Morgan fingerprint density at radius 2 is 1.33 bits per heavy atom. The second-order valence-corrected chi connectivity index (χ2v) is 7.05. The number of likely N-dealkylation sites (tertiary alicyclic amines) is 1. The van der Waals surface area contributed by atoms with Crippen LogP contribution in [0, 0.1) is 0 Å². The zero-order chi connectivity index (χ0) is 17.7. The predicted molar refractivity (Wildman–Crippen MR) is 91.7 cm³/mol. The summed E-state index contributed by atoms with van der Waals surface area (Å²) in [7, 11) is 0. The summed E-state index contributed by atoms with van der Waals surface area (Å²) in [4.78, 5) is 28.1. The van der Waals surface area contributed by atoms with Gasteiger partial charge in [-0.25, -0.2) is 4.79 Å². The van der Waals surface area contributed by atoms with Crippen LogP contribution in [0.2, 0.25) is 0 Å². The third-order valence-corrected chi connectivity index (χ3v) is 5.01. The summed E-state index contributed by atoms with van der Waals surface area (Å²) in [6, 6.07) is 0. The van der Waals surface area contributed by atoms with Crippen molar-refractivity contribution < 1.29 is 24.2 Å². The first kappa shape index (κ1) is 20.9. The Hall–Kier alpha value is -1.10. The van der Waals surface area contributed by atoms with Crippen molar-refractivity contribution in [2.24, 2.45) is 0 Å². The molecule has 0 amide bonds. The van der Waals surface area contributed by atoms with Gasteiger partial charge in [0, 0.05) is 18.8 Å². The van der Waals surface area contributed by atoms with Gasteiger partial charge in [0.25, 0.3) is 0 Å². The van der Waals surface area contributed by atoms with Crippen molar-refractivity contribution in [1.82, 2.24) is 0 Å². The first-order valence-electron chi connectivity index (χ1n) is 9.86. The van der Waals surface area contributed by atoms with Crippen molar-refractivity contribution >= 4 is 11.9 Å². The maximum atomic E-state index is 12.0. The molecule has 24 heavy (non-hydrogen) atoms. The fourth-order valence-electron chi connectivity index (χ4n) is 3.42. The van der Waals surface area contributed by atoms with Gasteiger partial charge in [-0.2, -0.15) is 0 Å². The molecule has 0 aliphatic carbocycles. The molecular formula is C19H35NO4. The number of carboxylic acid groups (broad SMARTS) is 1. The highest BCUT2D eigenvalue weighted by Gasteiger charge is 2.33. The number of hydrogen-bond acceptors (Lipinski definition) is 4. The van der Waals surface area contributed by atoms with Gasteiger partial charge < -0.3 is 9.90 Å². The normalized spacial score (nSPS) is 16.7. The molecule has 1 fully saturated rings. The Balaban J connectivity index is 1.96. The molecule has 0 aromatic carbocycles. The molecule has 0 spiro atoms. The molecule has 0 radical (unpaired) electrons. The Kier molecular flexibility index (Phi) is 10.7. The van der Waals surface area contributed by atoms with E-state index in [0.717, 1.165) is 83.8 Å². The van der Waals surface area contributed by atoms with Crippen LogP contribution in [-0.2, 0) is 14.4 Å². The van der Waals surface area contributed by atoms with Gasteiger partial charge in [-0.1, -0.05) is 38.5 Å². The number of piperidine rings is 1. The van der Waals surface area contributed by atoms with E-state index in [1.165, 1.54) is 6.42 Å². The van der Waals surface area contributed by atoms with Crippen LogP contribution in [0.1, 0.15) is 90.4 Å². The molecule has 0 saturated carbocycles. The number of carbonyl (C=O) groups is 2. The molecule has 1 aliphatic heterocycles. The molecule has 1 aliphatic rings. The van der Waals surface area contributed by atoms with Crippen LogP contribution in [-0.4, -0.2) is 36.2 Å². The van der Waals surface area contributed by atoms with Crippen LogP contribution < -0.4 is 5.11 Å². The molecule has 0 aromatic rings. The molecule has 0 atom stereocenters. The summed E-state index contributed by atoms with van der Waals surface area (Å²) in [6.07, 6.45) is 12.5. The lowest BCUT2D eigenvalue weighted by Crippen LogP contribution is -2.52. The second-order valence-electron chi connectivity index (χ2n) is 7.05. The lowest BCUT2D eigenvalue weighted by molar-refractivity contribution is -1.09. The number of hydroxylamine groups is 3. The predicted octanol–water partition coefficient (Wildman–Crippen LogP) is 3.12. The van der Waals surface area contributed by atoms with E-state index in [2.05, 4.69) is 6.92 Å². The van der Waals surface area contributed by atoms with Gasteiger partial charge >= 0.3 is 5.97 Å². The van der Waals surface area contributed by atoms with Gasteiger partial charge in [-0.15, -0.1) is 4.65 Å². The van der Waals surface area contributed by atoms with Gasteiger partial charge in [0.05, 0.1) is 6.42 Å². The van der Waals surface area contributed by atoms with Gasteiger partial charge in [-0.05, 0) is 32.6 Å². The number of unbranched alkanes of at least 4 members (excludes halogenated alkanes) is 7. The minimum absolute atomic E-state index is 0.0407. The molecular weight excluding hydrogens is 306 g/mol. The topological polar surface area (TPSA) is 66.4 Å². The number of carbonyl (C=O) groups excluding carboxylic acids is 2.